The Morgan fingerprint density at radius 2 is 1.87 bits per heavy atom. The standard InChI is InChI=1S/C18H16Cl2N2O/c1-2-11-3-5-12(6-4-11)14-10-17(21-22-18(14)23)13-7-8-15(19)16(20)9-13/h3-9,14H,2,10H2,1H3,(H,22,23). The third-order valence-electron chi connectivity index (χ3n) is 4.06. The number of carbonyl (C=O) groups excluding carboxylic acids is 1. The second kappa shape index (κ2) is 6.73. The molecule has 1 amide bonds. The fraction of sp³-hybridized carbons (Fsp3) is 0.222. The summed E-state index contributed by atoms with van der Waals surface area (Å²) in [5, 5.41) is 5.16. The minimum atomic E-state index is -0.247. The number of halogens is 2. The van der Waals surface area contributed by atoms with Crippen LogP contribution in [0.15, 0.2) is 47.6 Å². The van der Waals surface area contributed by atoms with Crippen LogP contribution in [0.2, 0.25) is 10.0 Å². The number of aryl methyl sites for hydroxylation is 1. The van der Waals surface area contributed by atoms with Crippen molar-refractivity contribution in [1.82, 2.24) is 5.43 Å². The van der Waals surface area contributed by atoms with Gasteiger partial charge in [0.15, 0.2) is 0 Å². The monoisotopic (exact) mass is 346 g/mol. The van der Waals surface area contributed by atoms with E-state index in [1.807, 2.05) is 18.2 Å². The molecule has 118 valence electrons. The normalized spacial score (nSPS) is 17.6. The third kappa shape index (κ3) is 3.41. The zero-order chi connectivity index (χ0) is 16.4. The molecule has 1 heterocycles. The number of rotatable bonds is 3. The van der Waals surface area contributed by atoms with Crippen LogP contribution in [0.5, 0.6) is 0 Å². The van der Waals surface area contributed by atoms with Crippen molar-refractivity contribution < 1.29 is 4.79 Å². The number of amides is 1. The molecule has 2 aromatic rings. The highest BCUT2D eigenvalue weighted by Gasteiger charge is 2.27. The van der Waals surface area contributed by atoms with E-state index in [2.05, 4.69) is 29.6 Å². The van der Waals surface area contributed by atoms with Crippen LogP contribution in [0.1, 0.15) is 36.0 Å². The number of hydrazone groups is 1. The van der Waals surface area contributed by atoms with Crippen LogP contribution < -0.4 is 5.43 Å². The Hall–Kier alpha value is -1.84. The smallest absolute Gasteiger partial charge is 0.248 e. The zero-order valence-corrected chi connectivity index (χ0v) is 14.2. The van der Waals surface area contributed by atoms with Gasteiger partial charge in [0.05, 0.1) is 21.7 Å². The van der Waals surface area contributed by atoms with Crippen LogP contribution in [0.4, 0.5) is 0 Å². The molecule has 1 atom stereocenters. The van der Waals surface area contributed by atoms with Gasteiger partial charge in [-0.05, 0) is 35.2 Å². The molecule has 1 unspecified atom stereocenters. The number of hydrogen-bond acceptors (Lipinski definition) is 2. The van der Waals surface area contributed by atoms with E-state index < -0.39 is 0 Å². The first kappa shape index (κ1) is 16.0. The van der Waals surface area contributed by atoms with Gasteiger partial charge in [0, 0.05) is 6.42 Å². The molecule has 3 rings (SSSR count). The zero-order valence-electron chi connectivity index (χ0n) is 12.6. The lowest BCUT2D eigenvalue weighted by Gasteiger charge is -2.22. The lowest BCUT2D eigenvalue weighted by Crippen LogP contribution is -2.33. The van der Waals surface area contributed by atoms with Gasteiger partial charge in [-0.15, -0.1) is 0 Å². The van der Waals surface area contributed by atoms with Crippen LogP contribution in [0, 0.1) is 0 Å². The Labute approximate surface area is 145 Å². The molecule has 5 heteroatoms. The molecule has 0 aromatic heterocycles. The number of benzene rings is 2. The summed E-state index contributed by atoms with van der Waals surface area (Å²) in [5.41, 5.74) is 6.53. The van der Waals surface area contributed by atoms with Gasteiger partial charge in [-0.25, -0.2) is 5.43 Å². The first-order valence-corrected chi connectivity index (χ1v) is 8.24. The van der Waals surface area contributed by atoms with Crippen molar-refractivity contribution in [3.05, 3.63) is 69.2 Å². The Bertz CT molecular complexity index is 769. The molecule has 0 radical (unpaired) electrons. The molecule has 1 aliphatic heterocycles. The van der Waals surface area contributed by atoms with Crippen molar-refractivity contribution in [2.45, 2.75) is 25.7 Å². The number of carbonyl (C=O) groups is 1. The highest BCUT2D eigenvalue weighted by Crippen LogP contribution is 2.28. The number of hydrogen-bond donors (Lipinski definition) is 1. The summed E-state index contributed by atoms with van der Waals surface area (Å²) in [7, 11) is 0. The highest BCUT2D eigenvalue weighted by molar-refractivity contribution is 6.42. The molecule has 1 N–H and O–H groups in total. The summed E-state index contributed by atoms with van der Waals surface area (Å²) >= 11 is 12.0. The molecule has 3 nitrogen and oxygen atoms in total. The van der Waals surface area contributed by atoms with Gasteiger partial charge in [-0.3, -0.25) is 4.79 Å². The van der Waals surface area contributed by atoms with Crippen molar-refractivity contribution in [1.29, 1.82) is 0 Å². The summed E-state index contributed by atoms with van der Waals surface area (Å²) in [6.45, 7) is 2.11. The molecule has 0 saturated carbocycles. The SMILES string of the molecule is CCc1ccc(C2CC(c3ccc(Cl)c(Cl)c3)=NNC2=O)cc1. The first-order valence-electron chi connectivity index (χ1n) is 7.49. The molecule has 0 saturated heterocycles. The average molecular weight is 347 g/mol. The third-order valence-corrected chi connectivity index (χ3v) is 4.80. The first-order chi connectivity index (χ1) is 11.1. The van der Waals surface area contributed by atoms with Crippen LogP contribution in [-0.2, 0) is 11.2 Å². The van der Waals surface area contributed by atoms with E-state index in [0.717, 1.165) is 23.3 Å². The Morgan fingerprint density at radius 1 is 1.13 bits per heavy atom. The summed E-state index contributed by atoms with van der Waals surface area (Å²) in [6.07, 6.45) is 1.52. The van der Waals surface area contributed by atoms with E-state index >= 15 is 0 Å². The molecule has 0 fully saturated rings. The number of nitrogens with zero attached hydrogens (tertiary/aromatic N) is 1. The topological polar surface area (TPSA) is 41.5 Å². The van der Waals surface area contributed by atoms with Gasteiger partial charge in [0.2, 0.25) is 5.91 Å². The van der Waals surface area contributed by atoms with Crippen molar-refractivity contribution in [2.75, 3.05) is 0 Å². The predicted molar refractivity (Wildman–Crippen MR) is 94.3 cm³/mol. The molecule has 23 heavy (non-hydrogen) atoms. The van der Waals surface area contributed by atoms with Gasteiger partial charge in [0.1, 0.15) is 0 Å². The van der Waals surface area contributed by atoms with Crippen molar-refractivity contribution in [2.24, 2.45) is 5.10 Å². The molecule has 0 spiro atoms. The van der Waals surface area contributed by atoms with Crippen molar-refractivity contribution in [3.63, 3.8) is 0 Å². The van der Waals surface area contributed by atoms with Gasteiger partial charge in [-0.1, -0.05) is 60.5 Å². The summed E-state index contributed by atoms with van der Waals surface area (Å²) < 4.78 is 0. The summed E-state index contributed by atoms with van der Waals surface area (Å²) in [5.74, 6) is -0.332. The van der Waals surface area contributed by atoms with Gasteiger partial charge in [0.25, 0.3) is 0 Å². The molecule has 0 bridgehead atoms. The van der Waals surface area contributed by atoms with E-state index in [9.17, 15) is 4.79 Å². The molecular weight excluding hydrogens is 331 g/mol. The van der Waals surface area contributed by atoms with Crippen LogP contribution in [0.25, 0.3) is 0 Å². The quantitative estimate of drug-likeness (QED) is 0.869. The van der Waals surface area contributed by atoms with E-state index in [4.69, 9.17) is 23.2 Å². The van der Waals surface area contributed by atoms with Gasteiger partial charge >= 0.3 is 0 Å². The van der Waals surface area contributed by atoms with E-state index in [0.29, 0.717) is 16.5 Å². The van der Waals surface area contributed by atoms with Crippen molar-refractivity contribution >= 4 is 34.8 Å². The maximum Gasteiger partial charge on any atom is 0.248 e. The fourth-order valence-electron chi connectivity index (χ4n) is 2.65. The lowest BCUT2D eigenvalue weighted by atomic mass is 9.89. The van der Waals surface area contributed by atoms with Crippen LogP contribution >= 0.6 is 23.2 Å². The van der Waals surface area contributed by atoms with E-state index in [1.54, 1.807) is 12.1 Å². The maximum atomic E-state index is 12.2. The van der Waals surface area contributed by atoms with E-state index in [-0.39, 0.29) is 11.8 Å². The lowest BCUT2D eigenvalue weighted by molar-refractivity contribution is -0.122. The predicted octanol–water partition coefficient (Wildman–Crippen LogP) is 4.56. The maximum absolute atomic E-state index is 12.2. The molecule has 1 aliphatic rings. The van der Waals surface area contributed by atoms with Gasteiger partial charge in [-0.2, -0.15) is 5.10 Å². The molecule has 2 aromatic carbocycles. The minimum Gasteiger partial charge on any atom is -0.272 e. The second-order valence-corrected chi connectivity index (χ2v) is 6.33. The Morgan fingerprint density at radius 3 is 2.52 bits per heavy atom. The fourth-order valence-corrected chi connectivity index (χ4v) is 2.94. The van der Waals surface area contributed by atoms with Crippen molar-refractivity contribution in [3.8, 4) is 0 Å². The van der Waals surface area contributed by atoms with Crippen LogP contribution in [0.3, 0.4) is 0 Å². The summed E-state index contributed by atoms with van der Waals surface area (Å²) in [4.78, 5) is 12.2. The Balaban J connectivity index is 1.87. The average Bonchev–Trinajstić information content (AvgIpc) is 2.58. The second-order valence-electron chi connectivity index (χ2n) is 5.52. The number of nitrogens with one attached hydrogen (secondary N) is 1. The largest absolute Gasteiger partial charge is 0.272 e. The minimum absolute atomic E-state index is 0.0851. The summed E-state index contributed by atoms with van der Waals surface area (Å²) in [6, 6.07) is 13.5. The van der Waals surface area contributed by atoms with Crippen LogP contribution in [-0.4, -0.2) is 11.6 Å². The highest BCUT2D eigenvalue weighted by atomic mass is 35.5. The van der Waals surface area contributed by atoms with E-state index in [1.165, 1.54) is 5.56 Å². The van der Waals surface area contributed by atoms with Gasteiger partial charge < -0.3 is 0 Å². The molecular formula is C18H16Cl2N2O. The molecule has 0 aliphatic carbocycles. The Kier molecular flexibility index (Phi) is 4.69.